The van der Waals surface area contributed by atoms with Crippen molar-refractivity contribution in [2.45, 2.75) is 59.2 Å². The van der Waals surface area contributed by atoms with Gasteiger partial charge in [0.15, 0.2) is 0 Å². The third kappa shape index (κ3) is 8.20. The van der Waals surface area contributed by atoms with Crippen molar-refractivity contribution in [3.63, 3.8) is 0 Å². The van der Waals surface area contributed by atoms with Gasteiger partial charge in [-0.15, -0.1) is 0 Å². The summed E-state index contributed by atoms with van der Waals surface area (Å²) in [6.07, 6.45) is -0.195. The van der Waals surface area contributed by atoms with Gasteiger partial charge in [0.2, 0.25) is 0 Å². The Kier molecular flexibility index (Phi) is 5.03. The highest BCUT2D eigenvalue weighted by Gasteiger charge is 2.21. The Morgan fingerprint density at radius 1 is 1.13 bits per heavy atom. The molecular formula is C10H20O5. The summed E-state index contributed by atoms with van der Waals surface area (Å²) >= 11 is 0. The van der Waals surface area contributed by atoms with Crippen LogP contribution in [0.25, 0.3) is 0 Å². The first-order chi connectivity index (χ1) is 6.66. The summed E-state index contributed by atoms with van der Waals surface area (Å²) in [6, 6.07) is 0. The summed E-state index contributed by atoms with van der Waals surface area (Å²) < 4.78 is 4.82. The van der Waals surface area contributed by atoms with Gasteiger partial charge in [0.25, 0.3) is 0 Å². The maximum Gasteiger partial charge on any atom is 0.543 e. The largest absolute Gasteiger partial charge is 0.543 e. The molecule has 0 fully saturated rings. The molecule has 5 heteroatoms. The van der Waals surface area contributed by atoms with Crippen LogP contribution < -0.4 is 0 Å². The van der Waals surface area contributed by atoms with Crippen LogP contribution in [-0.4, -0.2) is 17.4 Å². The Balaban J connectivity index is 3.74. The minimum absolute atomic E-state index is 0.498. The Morgan fingerprint density at radius 2 is 1.67 bits per heavy atom. The lowest BCUT2D eigenvalue weighted by Gasteiger charge is -2.21. The van der Waals surface area contributed by atoms with Crippen LogP contribution in [0.4, 0.5) is 4.79 Å². The Labute approximate surface area is 90.5 Å². The minimum atomic E-state index is -0.922. The lowest BCUT2D eigenvalue weighted by Crippen LogP contribution is -2.27. The highest BCUT2D eigenvalue weighted by Crippen LogP contribution is 2.14. The van der Waals surface area contributed by atoms with E-state index in [1.807, 2.05) is 20.8 Å². The van der Waals surface area contributed by atoms with E-state index < -0.39 is 17.4 Å². The summed E-state index contributed by atoms with van der Waals surface area (Å²) in [5.41, 5.74) is -1.11. The van der Waals surface area contributed by atoms with Gasteiger partial charge in [-0.3, -0.25) is 0 Å². The van der Waals surface area contributed by atoms with E-state index >= 15 is 0 Å². The van der Waals surface area contributed by atoms with E-state index in [0.717, 1.165) is 6.42 Å². The normalized spacial score (nSPS) is 12.4. The average Bonchev–Trinajstić information content (AvgIpc) is 2.00. The predicted molar refractivity (Wildman–Crippen MR) is 53.9 cm³/mol. The minimum Gasteiger partial charge on any atom is -0.427 e. The van der Waals surface area contributed by atoms with Crippen LogP contribution in [0, 0.1) is 0 Å². The molecule has 5 nitrogen and oxygen atoms in total. The van der Waals surface area contributed by atoms with Gasteiger partial charge < -0.3 is 4.74 Å². The summed E-state index contributed by atoms with van der Waals surface area (Å²) in [7, 11) is 0. The number of hydrogen-bond donors (Lipinski definition) is 0. The van der Waals surface area contributed by atoms with Crippen molar-refractivity contribution in [1.29, 1.82) is 0 Å². The zero-order chi connectivity index (χ0) is 12.1. The summed E-state index contributed by atoms with van der Waals surface area (Å²) in [4.78, 5) is 20.1. The molecule has 0 atom stereocenters. The SMILES string of the molecule is CCC(C)(C)OOOC(=O)OC(C)(C)C. The fourth-order valence-corrected chi connectivity index (χ4v) is 0.463. The second-order valence-corrected chi connectivity index (χ2v) is 4.81. The molecule has 0 rings (SSSR count). The van der Waals surface area contributed by atoms with Crippen molar-refractivity contribution in [3.05, 3.63) is 0 Å². The second-order valence-electron chi connectivity index (χ2n) is 4.81. The van der Waals surface area contributed by atoms with Crippen LogP contribution >= 0.6 is 0 Å². The maximum atomic E-state index is 11.0. The predicted octanol–water partition coefficient (Wildman–Crippen LogP) is 2.99. The molecule has 15 heavy (non-hydrogen) atoms. The van der Waals surface area contributed by atoms with Gasteiger partial charge in [-0.1, -0.05) is 6.92 Å². The van der Waals surface area contributed by atoms with Crippen LogP contribution in [0.3, 0.4) is 0 Å². The van der Waals surface area contributed by atoms with Crippen LogP contribution in [0.15, 0.2) is 0 Å². The molecule has 0 aromatic carbocycles. The molecular weight excluding hydrogens is 200 g/mol. The number of carbonyl (C=O) groups is 1. The highest BCUT2D eigenvalue weighted by molar-refractivity contribution is 5.59. The molecule has 0 heterocycles. The molecule has 0 aliphatic heterocycles. The lowest BCUT2D eigenvalue weighted by atomic mass is 10.1. The van der Waals surface area contributed by atoms with E-state index in [-0.39, 0.29) is 0 Å². The zero-order valence-electron chi connectivity index (χ0n) is 10.2. The molecule has 0 N–H and O–H groups in total. The molecule has 0 spiro atoms. The Hall–Kier alpha value is -0.810. The average molecular weight is 220 g/mol. The van der Waals surface area contributed by atoms with Crippen molar-refractivity contribution in [1.82, 2.24) is 0 Å². The van der Waals surface area contributed by atoms with E-state index in [4.69, 9.17) is 9.62 Å². The first-order valence-corrected chi connectivity index (χ1v) is 4.91. The van der Waals surface area contributed by atoms with E-state index in [9.17, 15) is 4.79 Å². The number of ether oxygens (including phenoxy) is 1. The quantitative estimate of drug-likeness (QED) is 0.414. The van der Waals surface area contributed by atoms with Gasteiger partial charge in [-0.05, 0) is 46.1 Å². The third-order valence-electron chi connectivity index (χ3n) is 1.60. The van der Waals surface area contributed by atoms with Gasteiger partial charge in [-0.2, -0.15) is 4.89 Å². The van der Waals surface area contributed by atoms with Gasteiger partial charge in [0.1, 0.15) is 11.2 Å². The fraction of sp³-hybridized carbons (Fsp3) is 0.900. The summed E-state index contributed by atoms with van der Waals surface area (Å²) in [6.45, 7) is 10.7. The van der Waals surface area contributed by atoms with Crippen LogP contribution in [0.5, 0.6) is 0 Å². The Morgan fingerprint density at radius 3 is 2.07 bits per heavy atom. The molecule has 0 aliphatic rings. The maximum absolute atomic E-state index is 11.0. The van der Waals surface area contributed by atoms with Gasteiger partial charge >= 0.3 is 6.16 Å². The van der Waals surface area contributed by atoms with Crippen molar-refractivity contribution < 1.29 is 24.3 Å². The molecule has 0 amide bonds. The van der Waals surface area contributed by atoms with Gasteiger partial charge in [-0.25, -0.2) is 9.68 Å². The fourth-order valence-electron chi connectivity index (χ4n) is 0.463. The molecule has 0 saturated heterocycles. The molecule has 0 aliphatic carbocycles. The van der Waals surface area contributed by atoms with Crippen LogP contribution in [0.1, 0.15) is 48.0 Å². The zero-order valence-corrected chi connectivity index (χ0v) is 10.2. The molecule has 0 aromatic rings. The number of rotatable bonds is 4. The number of carbonyl (C=O) groups excluding carboxylic acids is 1. The molecule has 0 radical (unpaired) electrons. The van der Waals surface area contributed by atoms with Crippen LogP contribution in [0.2, 0.25) is 0 Å². The topological polar surface area (TPSA) is 54.0 Å². The number of hydrogen-bond acceptors (Lipinski definition) is 5. The van der Waals surface area contributed by atoms with Crippen molar-refractivity contribution in [3.8, 4) is 0 Å². The Bertz CT molecular complexity index is 204. The third-order valence-corrected chi connectivity index (χ3v) is 1.60. The van der Waals surface area contributed by atoms with Crippen molar-refractivity contribution >= 4 is 6.16 Å². The first kappa shape index (κ1) is 14.2. The van der Waals surface area contributed by atoms with E-state index in [1.54, 1.807) is 20.8 Å². The lowest BCUT2D eigenvalue weighted by molar-refractivity contribution is -0.517. The molecule has 0 bridgehead atoms. The van der Waals surface area contributed by atoms with Crippen LogP contribution in [-0.2, 0) is 19.6 Å². The highest BCUT2D eigenvalue weighted by atomic mass is 17.5. The molecule has 0 saturated carbocycles. The molecule has 0 aromatic heterocycles. The standard InChI is InChI=1S/C10H20O5/c1-7-10(5,6)14-15-13-8(11)12-9(2,3)4/h7H2,1-6H3. The van der Waals surface area contributed by atoms with Gasteiger partial charge in [0.05, 0.1) is 0 Å². The van der Waals surface area contributed by atoms with Crippen molar-refractivity contribution in [2.75, 3.05) is 0 Å². The van der Waals surface area contributed by atoms with Crippen molar-refractivity contribution in [2.24, 2.45) is 0 Å². The first-order valence-electron chi connectivity index (χ1n) is 4.91. The van der Waals surface area contributed by atoms with Gasteiger partial charge in [0, 0.05) is 0 Å². The van der Waals surface area contributed by atoms with E-state index in [1.165, 1.54) is 0 Å². The molecule has 90 valence electrons. The monoisotopic (exact) mass is 220 g/mol. The summed E-state index contributed by atoms with van der Waals surface area (Å²) in [5.74, 6) is 0. The van der Waals surface area contributed by atoms with E-state index in [0.29, 0.717) is 0 Å². The second kappa shape index (κ2) is 5.32. The smallest absolute Gasteiger partial charge is 0.427 e. The summed E-state index contributed by atoms with van der Waals surface area (Å²) in [5, 5.41) is 4.32. The molecule has 0 unspecified atom stereocenters. The van der Waals surface area contributed by atoms with E-state index in [2.05, 4.69) is 9.93 Å².